The fourth-order valence-electron chi connectivity index (χ4n) is 3.60. The molecule has 0 aromatic heterocycles. The minimum absolute atomic E-state index is 0.0507. The van der Waals surface area contributed by atoms with Gasteiger partial charge in [0, 0.05) is 18.7 Å². The number of ketones is 1. The number of carbonyl (C=O) groups excluding carboxylic acids is 4. The van der Waals surface area contributed by atoms with Gasteiger partial charge in [0.05, 0.1) is 6.04 Å². The third-order valence-electron chi connectivity index (χ3n) is 5.52. The number of hydrogen-bond donors (Lipinski definition) is 4. The van der Waals surface area contributed by atoms with Gasteiger partial charge in [-0.25, -0.2) is 4.79 Å². The number of para-hydroxylation sites is 1. The zero-order valence-corrected chi connectivity index (χ0v) is 21.6. The lowest BCUT2D eigenvalue weighted by molar-refractivity contribution is -0.140. The van der Waals surface area contributed by atoms with Crippen LogP contribution in [0, 0.1) is 5.92 Å². The Morgan fingerprint density at radius 3 is 2.13 bits per heavy atom. The molecule has 2 atom stereocenters. The Kier molecular flexibility index (Phi) is 12.1. The fraction of sp³-hybridized carbons (Fsp3) is 0.407. The standard InChI is InChI=1S/C27H34F2N4O5/c1-4-20(23(34)25(36)30-16-19-12-8-9-13-22(19)38-26(28)29)32-24(35)21(14-17(2)3)33-27(37)31-15-18-10-6-5-7-11-18/h5-13,17,20-21,26H,4,14-16H2,1-3H3,(H,30,36)(H,32,35)(H2,31,33,37). The molecule has 0 aliphatic heterocycles. The number of ether oxygens (including phenoxy) is 1. The van der Waals surface area contributed by atoms with Crippen LogP contribution < -0.4 is 26.0 Å². The first-order chi connectivity index (χ1) is 18.1. The molecule has 2 aromatic carbocycles. The normalized spacial score (nSPS) is 12.4. The van der Waals surface area contributed by atoms with Crippen molar-refractivity contribution < 1.29 is 32.7 Å². The molecule has 0 saturated carbocycles. The van der Waals surface area contributed by atoms with Crippen LogP contribution in [-0.2, 0) is 27.5 Å². The Morgan fingerprint density at radius 1 is 0.842 bits per heavy atom. The van der Waals surface area contributed by atoms with Gasteiger partial charge in [0.2, 0.25) is 11.7 Å². The SMILES string of the molecule is CCC(NC(=O)C(CC(C)C)NC(=O)NCc1ccccc1)C(=O)C(=O)NCc1ccccc1OC(F)F. The summed E-state index contributed by atoms with van der Waals surface area (Å²) in [7, 11) is 0. The number of rotatable bonds is 14. The number of carbonyl (C=O) groups is 4. The van der Waals surface area contributed by atoms with Crippen molar-refractivity contribution in [1.29, 1.82) is 0 Å². The molecule has 0 aliphatic rings. The molecule has 4 N–H and O–H groups in total. The van der Waals surface area contributed by atoms with Gasteiger partial charge in [0.25, 0.3) is 5.91 Å². The van der Waals surface area contributed by atoms with E-state index in [2.05, 4.69) is 26.0 Å². The van der Waals surface area contributed by atoms with Gasteiger partial charge in [-0.05, 0) is 30.4 Å². The minimum Gasteiger partial charge on any atom is -0.434 e. The second-order valence-corrected chi connectivity index (χ2v) is 9.00. The predicted molar refractivity (Wildman–Crippen MR) is 137 cm³/mol. The highest BCUT2D eigenvalue weighted by atomic mass is 19.3. The van der Waals surface area contributed by atoms with E-state index in [9.17, 15) is 28.0 Å². The molecule has 38 heavy (non-hydrogen) atoms. The lowest BCUT2D eigenvalue weighted by atomic mass is 10.0. The van der Waals surface area contributed by atoms with Gasteiger partial charge in [-0.15, -0.1) is 0 Å². The van der Waals surface area contributed by atoms with Crippen molar-refractivity contribution in [3.05, 3.63) is 65.7 Å². The van der Waals surface area contributed by atoms with E-state index in [1.165, 1.54) is 18.2 Å². The molecule has 0 fully saturated rings. The lowest BCUT2D eigenvalue weighted by Gasteiger charge is -2.23. The van der Waals surface area contributed by atoms with Crippen molar-refractivity contribution in [3.63, 3.8) is 0 Å². The van der Waals surface area contributed by atoms with Gasteiger partial charge in [-0.3, -0.25) is 14.4 Å². The van der Waals surface area contributed by atoms with Crippen molar-refractivity contribution in [2.75, 3.05) is 0 Å². The Labute approximate surface area is 220 Å². The third kappa shape index (κ3) is 10.2. The summed E-state index contributed by atoms with van der Waals surface area (Å²) in [4.78, 5) is 50.7. The molecular weight excluding hydrogens is 498 g/mol. The first-order valence-corrected chi connectivity index (χ1v) is 12.3. The van der Waals surface area contributed by atoms with Crippen LogP contribution in [0.15, 0.2) is 54.6 Å². The number of alkyl halides is 2. The van der Waals surface area contributed by atoms with Crippen molar-refractivity contribution in [2.24, 2.45) is 5.92 Å². The maximum Gasteiger partial charge on any atom is 0.387 e. The summed E-state index contributed by atoms with van der Waals surface area (Å²) >= 11 is 0. The Hall–Kier alpha value is -4.02. The molecule has 0 aliphatic carbocycles. The molecule has 0 bridgehead atoms. The van der Waals surface area contributed by atoms with Crippen LogP contribution in [0.4, 0.5) is 13.6 Å². The predicted octanol–water partition coefficient (Wildman–Crippen LogP) is 3.28. The van der Waals surface area contributed by atoms with Crippen molar-refractivity contribution >= 4 is 23.6 Å². The maximum atomic E-state index is 13.0. The summed E-state index contributed by atoms with van der Waals surface area (Å²) in [5, 5.41) is 10.3. The number of halogens is 2. The molecular formula is C27H34F2N4O5. The van der Waals surface area contributed by atoms with Crippen LogP contribution in [-0.4, -0.2) is 42.3 Å². The smallest absolute Gasteiger partial charge is 0.387 e. The van der Waals surface area contributed by atoms with E-state index in [0.717, 1.165) is 5.56 Å². The molecule has 0 radical (unpaired) electrons. The molecule has 0 spiro atoms. The van der Waals surface area contributed by atoms with Crippen molar-refractivity contribution in [3.8, 4) is 5.75 Å². The number of urea groups is 1. The average Bonchev–Trinajstić information content (AvgIpc) is 2.89. The van der Waals surface area contributed by atoms with Gasteiger partial charge in [-0.1, -0.05) is 69.3 Å². The van der Waals surface area contributed by atoms with Gasteiger partial charge in [0.1, 0.15) is 11.8 Å². The molecule has 2 rings (SSSR count). The molecule has 2 unspecified atom stereocenters. The number of amides is 4. The zero-order valence-electron chi connectivity index (χ0n) is 21.6. The second kappa shape index (κ2) is 15.3. The van der Waals surface area contributed by atoms with Crippen LogP contribution in [0.5, 0.6) is 5.75 Å². The van der Waals surface area contributed by atoms with E-state index < -0.39 is 42.3 Å². The number of hydrogen-bond acceptors (Lipinski definition) is 5. The summed E-state index contributed by atoms with van der Waals surface area (Å²) in [5.41, 5.74) is 1.15. The number of nitrogens with one attached hydrogen (secondary N) is 4. The largest absolute Gasteiger partial charge is 0.434 e. The Balaban J connectivity index is 1.97. The van der Waals surface area contributed by atoms with Crippen LogP contribution in [0.25, 0.3) is 0 Å². The molecule has 11 heteroatoms. The van der Waals surface area contributed by atoms with E-state index in [1.54, 1.807) is 13.0 Å². The zero-order chi connectivity index (χ0) is 28.1. The van der Waals surface area contributed by atoms with Gasteiger partial charge >= 0.3 is 12.6 Å². The van der Waals surface area contributed by atoms with Gasteiger partial charge < -0.3 is 26.0 Å². The molecule has 206 valence electrons. The highest BCUT2D eigenvalue weighted by Crippen LogP contribution is 2.20. The third-order valence-corrected chi connectivity index (χ3v) is 5.52. The van der Waals surface area contributed by atoms with Crippen LogP contribution in [0.3, 0.4) is 0 Å². The Morgan fingerprint density at radius 2 is 1.50 bits per heavy atom. The highest BCUT2D eigenvalue weighted by molar-refractivity contribution is 6.38. The molecule has 4 amide bonds. The first-order valence-electron chi connectivity index (χ1n) is 12.3. The monoisotopic (exact) mass is 532 g/mol. The Bertz CT molecular complexity index is 1080. The summed E-state index contributed by atoms with van der Waals surface area (Å²) in [5.74, 6) is -2.56. The van der Waals surface area contributed by atoms with Crippen molar-refractivity contribution in [2.45, 2.75) is 65.4 Å². The molecule has 9 nitrogen and oxygen atoms in total. The summed E-state index contributed by atoms with van der Waals surface area (Å²) < 4.78 is 29.6. The van der Waals surface area contributed by atoms with Crippen LogP contribution >= 0.6 is 0 Å². The second-order valence-electron chi connectivity index (χ2n) is 9.00. The average molecular weight is 533 g/mol. The van der Waals surface area contributed by atoms with E-state index in [1.807, 2.05) is 44.2 Å². The van der Waals surface area contributed by atoms with E-state index in [-0.39, 0.29) is 36.7 Å². The van der Waals surface area contributed by atoms with Gasteiger partial charge in [0.15, 0.2) is 0 Å². The summed E-state index contributed by atoms with van der Waals surface area (Å²) in [6.45, 7) is 2.40. The first kappa shape index (κ1) is 30.2. The van der Waals surface area contributed by atoms with Crippen LogP contribution in [0.1, 0.15) is 44.7 Å². The van der Waals surface area contributed by atoms with Gasteiger partial charge in [-0.2, -0.15) is 8.78 Å². The van der Waals surface area contributed by atoms with Crippen LogP contribution in [0.2, 0.25) is 0 Å². The molecule has 0 heterocycles. The highest BCUT2D eigenvalue weighted by Gasteiger charge is 2.29. The number of Topliss-reactive ketones (excluding diaryl/α,β-unsaturated/α-hetero) is 1. The van der Waals surface area contributed by atoms with E-state index in [0.29, 0.717) is 6.42 Å². The minimum atomic E-state index is -3.04. The van der Waals surface area contributed by atoms with E-state index >= 15 is 0 Å². The summed E-state index contributed by atoms with van der Waals surface area (Å²) in [6, 6.07) is 12.5. The lowest BCUT2D eigenvalue weighted by Crippen LogP contribution is -2.55. The summed E-state index contributed by atoms with van der Waals surface area (Å²) in [6.07, 6.45) is 0.431. The quantitative estimate of drug-likeness (QED) is 0.278. The van der Waals surface area contributed by atoms with E-state index in [4.69, 9.17) is 0 Å². The molecule has 0 saturated heterocycles. The molecule has 2 aromatic rings. The maximum absolute atomic E-state index is 13.0. The number of benzene rings is 2. The fourth-order valence-corrected chi connectivity index (χ4v) is 3.60. The van der Waals surface area contributed by atoms with Crippen molar-refractivity contribution in [1.82, 2.24) is 21.3 Å². The topological polar surface area (TPSA) is 126 Å².